The first-order valence-electron chi connectivity index (χ1n) is 11.6. The Balaban J connectivity index is 1.33. The van der Waals surface area contributed by atoms with Crippen molar-refractivity contribution in [3.8, 4) is 5.75 Å². The fourth-order valence-corrected chi connectivity index (χ4v) is 3.91. The molecule has 1 saturated heterocycles. The number of piperidine rings is 1. The highest BCUT2D eigenvalue weighted by Crippen LogP contribution is 2.26. The summed E-state index contributed by atoms with van der Waals surface area (Å²) in [6, 6.07) is 15.8. The number of nitrogens with one attached hydrogen (secondary N) is 2. The van der Waals surface area contributed by atoms with Crippen LogP contribution < -0.4 is 20.3 Å². The average Bonchev–Trinajstić information content (AvgIpc) is 2.79. The molecule has 1 aliphatic rings. The van der Waals surface area contributed by atoms with Gasteiger partial charge in [0.2, 0.25) is 17.8 Å². The number of nitrogens with zero attached hydrogens (tertiary/aromatic N) is 4. The monoisotopic (exact) mass is 460 g/mol. The van der Waals surface area contributed by atoms with Gasteiger partial charge in [-0.15, -0.1) is 0 Å². The Morgan fingerprint density at radius 1 is 1.03 bits per heavy atom. The third kappa shape index (κ3) is 6.21. The second-order valence-corrected chi connectivity index (χ2v) is 9.57. The van der Waals surface area contributed by atoms with E-state index in [9.17, 15) is 4.79 Å². The number of carbonyl (C=O) groups is 1. The number of hydrogen-bond acceptors (Lipinski definition) is 7. The number of anilines is 4. The summed E-state index contributed by atoms with van der Waals surface area (Å²) in [5.41, 5.74) is 2.93. The van der Waals surface area contributed by atoms with Crippen molar-refractivity contribution in [1.82, 2.24) is 15.0 Å². The number of ether oxygens (including phenoxy) is 1. The first-order valence-corrected chi connectivity index (χ1v) is 11.6. The van der Waals surface area contributed by atoms with E-state index >= 15 is 0 Å². The van der Waals surface area contributed by atoms with Crippen molar-refractivity contribution in [1.29, 1.82) is 0 Å². The van der Waals surface area contributed by atoms with E-state index in [2.05, 4.69) is 75.5 Å². The van der Waals surface area contributed by atoms with Gasteiger partial charge in [0.15, 0.2) is 0 Å². The number of benzene rings is 2. The average molecular weight is 461 g/mol. The highest BCUT2D eigenvalue weighted by molar-refractivity contribution is 5.89. The smallest absolute Gasteiger partial charge is 0.231 e. The fourth-order valence-electron chi connectivity index (χ4n) is 3.91. The molecule has 178 valence electrons. The van der Waals surface area contributed by atoms with E-state index in [0.29, 0.717) is 17.6 Å². The molecule has 0 bridgehead atoms. The van der Waals surface area contributed by atoms with Crippen LogP contribution in [0, 0.1) is 0 Å². The summed E-state index contributed by atoms with van der Waals surface area (Å²) in [5, 5.41) is 5.96. The maximum atomic E-state index is 11.3. The Hall–Kier alpha value is -3.68. The minimum absolute atomic E-state index is 0.117. The molecule has 2 heterocycles. The van der Waals surface area contributed by atoms with Gasteiger partial charge in [0.1, 0.15) is 18.2 Å². The van der Waals surface area contributed by atoms with E-state index in [1.54, 1.807) is 0 Å². The van der Waals surface area contributed by atoms with Crippen molar-refractivity contribution in [2.24, 2.45) is 0 Å². The Kier molecular flexibility index (Phi) is 6.95. The van der Waals surface area contributed by atoms with Gasteiger partial charge in [0.25, 0.3) is 0 Å². The zero-order valence-electron chi connectivity index (χ0n) is 20.2. The molecule has 2 N–H and O–H groups in total. The topological polar surface area (TPSA) is 92.3 Å². The minimum atomic E-state index is -0.117. The molecule has 0 radical (unpaired) electrons. The third-order valence-corrected chi connectivity index (χ3v) is 5.75. The summed E-state index contributed by atoms with van der Waals surface area (Å²) in [5.74, 6) is 1.90. The molecule has 3 aromatic rings. The van der Waals surface area contributed by atoms with Gasteiger partial charge in [-0.1, -0.05) is 39.0 Å². The molecule has 0 atom stereocenters. The fraction of sp³-hybridized carbons (Fsp3) is 0.385. The summed E-state index contributed by atoms with van der Waals surface area (Å²) in [4.78, 5) is 26.7. The predicted molar refractivity (Wildman–Crippen MR) is 135 cm³/mol. The molecule has 0 aliphatic carbocycles. The minimum Gasteiger partial charge on any atom is -0.490 e. The number of carbonyl (C=O) groups excluding carboxylic acids is 1. The van der Waals surface area contributed by atoms with Crippen molar-refractivity contribution in [3.05, 3.63) is 60.4 Å². The number of rotatable bonds is 6. The summed E-state index contributed by atoms with van der Waals surface area (Å²) >= 11 is 0. The van der Waals surface area contributed by atoms with Gasteiger partial charge < -0.3 is 20.3 Å². The lowest BCUT2D eigenvalue weighted by molar-refractivity contribution is -0.114. The Morgan fingerprint density at radius 3 is 2.41 bits per heavy atom. The molecule has 1 aliphatic heterocycles. The van der Waals surface area contributed by atoms with Gasteiger partial charge in [-0.25, -0.2) is 9.97 Å². The van der Waals surface area contributed by atoms with Gasteiger partial charge in [-0.3, -0.25) is 4.79 Å². The van der Waals surface area contributed by atoms with Crippen LogP contribution in [-0.2, 0) is 10.2 Å². The molecule has 0 saturated carbocycles. The quantitative estimate of drug-likeness (QED) is 0.539. The molecule has 4 rings (SSSR count). The van der Waals surface area contributed by atoms with E-state index in [4.69, 9.17) is 4.74 Å². The lowest BCUT2D eigenvalue weighted by Crippen LogP contribution is -2.39. The molecule has 34 heavy (non-hydrogen) atoms. The molecule has 1 aromatic heterocycles. The maximum absolute atomic E-state index is 11.3. The number of amides is 1. The highest BCUT2D eigenvalue weighted by Gasteiger charge is 2.23. The highest BCUT2D eigenvalue weighted by atomic mass is 16.5. The summed E-state index contributed by atoms with van der Waals surface area (Å²) in [6.45, 7) is 9.74. The molecule has 0 unspecified atom stereocenters. The van der Waals surface area contributed by atoms with Gasteiger partial charge >= 0.3 is 0 Å². The van der Waals surface area contributed by atoms with Crippen LogP contribution in [0.2, 0.25) is 0 Å². The van der Waals surface area contributed by atoms with Gasteiger partial charge in [0, 0.05) is 44.2 Å². The lowest BCUT2D eigenvalue weighted by atomic mass is 9.87. The lowest BCUT2D eigenvalue weighted by Gasteiger charge is -2.32. The Bertz CT molecular complexity index is 1120. The van der Waals surface area contributed by atoms with E-state index in [1.165, 1.54) is 18.8 Å². The molecule has 2 aromatic carbocycles. The SMILES string of the molecule is CC(=O)Nc1cccc(Nc2ncnc(N3CCC(Oc4ccc(C(C)(C)C)cc4)CC3)n2)c1. The Labute approximate surface area is 200 Å². The van der Waals surface area contributed by atoms with E-state index in [0.717, 1.165) is 37.4 Å². The summed E-state index contributed by atoms with van der Waals surface area (Å²) in [6.07, 6.45) is 3.48. The third-order valence-electron chi connectivity index (χ3n) is 5.75. The maximum Gasteiger partial charge on any atom is 0.231 e. The van der Waals surface area contributed by atoms with Crippen molar-refractivity contribution in [2.45, 2.75) is 52.1 Å². The molecular weight excluding hydrogens is 428 g/mol. The predicted octanol–water partition coefficient (Wildman–Crippen LogP) is 4.92. The van der Waals surface area contributed by atoms with E-state index in [-0.39, 0.29) is 17.4 Å². The van der Waals surface area contributed by atoms with Crippen molar-refractivity contribution in [3.63, 3.8) is 0 Å². The number of aromatic nitrogens is 3. The van der Waals surface area contributed by atoms with Crippen LogP contribution in [0.1, 0.15) is 46.1 Å². The van der Waals surface area contributed by atoms with Crippen LogP contribution in [0.5, 0.6) is 5.75 Å². The normalized spacial score (nSPS) is 14.5. The Morgan fingerprint density at radius 2 is 1.74 bits per heavy atom. The molecular formula is C26H32N6O2. The zero-order chi connectivity index (χ0) is 24.1. The standard InChI is InChI=1S/C26H32N6O2/c1-18(33)29-20-6-5-7-21(16-20)30-24-27-17-28-25(31-24)32-14-12-23(13-15-32)34-22-10-8-19(9-11-22)26(2,3)4/h5-11,16-17,23H,12-15H2,1-4H3,(H,29,33)(H,27,28,30,31). The van der Waals surface area contributed by atoms with Crippen LogP contribution in [0.3, 0.4) is 0 Å². The van der Waals surface area contributed by atoms with E-state index in [1.807, 2.05) is 24.3 Å². The van der Waals surface area contributed by atoms with Gasteiger partial charge in [-0.2, -0.15) is 4.98 Å². The van der Waals surface area contributed by atoms with E-state index < -0.39 is 0 Å². The summed E-state index contributed by atoms with van der Waals surface area (Å²) < 4.78 is 6.23. The van der Waals surface area contributed by atoms with Crippen molar-refractivity contribution in [2.75, 3.05) is 28.6 Å². The van der Waals surface area contributed by atoms with Crippen molar-refractivity contribution >= 4 is 29.2 Å². The number of hydrogen-bond donors (Lipinski definition) is 2. The zero-order valence-corrected chi connectivity index (χ0v) is 20.2. The van der Waals surface area contributed by atoms with Crippen LogP contribution in [0.25, 0.3) is 0 Å². The largest absolute Gasteiger partial charge is 0.490 e. The first kappa shape index (κ1) is 23.5. The molecule has 0 spiro atoms. The molecule has 8 nitrogen and oxygen atoms in total. The first-order chi connectivity index (χ1) is 16.3. The van der Waals surface area contributed by atoms with Crippen LogP contribution in [0.4, 0.5) is 23.3 Å². The summed E-state index contributed by atoms with van der Waals surface area (Å²) in [7, 11) is 0. The second-order valence-electron chi connectivity index (χ2n) is 9.57. The molecule has 8 heteroatoms. The van der Waals surface area contributed by atoms with Gasteiger partial charge in [-0.05, 0) is 41.3 Å². The second kappa shape index (κ2) is 10.1. The van der Waals surface area contributed by atoms with Crippen LogP contribution >= 0.6 is 0 Å². The molecule has 1 fully saturated rings. The van der Waals surface area contributed by atoms with Crippen LogP contribution in [0.15, 0.2) is 54.9 Å². The molecule has 1 amide bonds. The van der Waals surface area contributed by atoms with Gasteiger partial charge in [0.05, 0.1) is 0 Å². The van der Waals surface area contributed by atoms with Crippen LogP contribution in [-0.4, -0.2) is 40.1 Å². The van der Waals surface area contributed by atoms with Crippen molar-refractivity contribution < 1.29 is 9.53 Å².